The Morgan fingerprint density at radius 2 is 1.97 bits per heavy atom. The average Bonchev–Trinajstić information content (AvgIpc) is 3.64. The molecule has 2 aliphatic carbocycles. The van der Waals surface area contributed by atoms with E-state index in [-0.39, 0.29) is 0 Å². The van der Waals surface area contributed by atoms with Crippen molar-refractivity contribution in [3.63, 3.8) is 0 Å². The molecule has 4 unspecified atom stereocenters. The lowest BCUT2D eigenvalue weighted by Gasteiger charge is -2.30. The molecule has 3 aliphatic rings. The van der Waals surface area contributed by atoms with Crippen molar-refractivity contribution in [1.29, 1.82) is 0 Å². The Hall–Kier alpha value is -1.64. The summed E-state index contributed by atoms with van der Waals surface area (Å²) >= 11 is 0. The molecule has 0 amide bonds. The van der Waals surface area contributed by atoms with E-state index >= 15 is 0 Å². The van der Waals surface area contributed by atoms with E-state index in [1.165, 1.54) is 92.1 Å². The quantitative estimate of drug-likeness (QED) is 0.332. The number of aliphatic imine (C=N–C) groups is 1. The molecule has 0 bridgehead atoms. The molecule has 4 nitrogen and oxygen atoms in total. The van der Waals surface area contributed by atoms with Crippen LogP contribution in [0.4, 0.5) is 0 Å². The van der Waals surface area contributed by atoms with E-state index in [4.69, 9.17) is 9.73 Å². The van der Waals surface area contributed by atoms with Crippen molar-refractivity contribution in [2.24, 2.45) is 16.8 Å². The van der Waals surface area contributed by atoms with Crippen LogP contribution >= 0.6 is 9.24 Å². The van der Waals surface area contributed by atoms with E-state index in [1.807, 2.05) is 0 Å². The highest BCUT2D eigenvalue weighted by atomic mass is 31.0. The fraction of sp³-hybridized carbons (Fsp3) is 0.645. The van der Waals surface area contributed by atoms with Gasteiger partial charge in [-0.1, -0.05) is 25.8 Å². The molecule has 0 spiro atoms. The molecular weight excluding hydrogens is 461 g/mol. The van der Waals surface area contributed by atoms with Crippen LogP contribution in [0.2, 0.25) is 0 Å². The summed E-state index contributed by atoms with van der Waals surface area (Å²) in [5, 5.41) is 5.28. The molecule has 1 aromatic heterocycles. The summed E-state index contributed by atoms with van der Waals surface area (Å²) in [5.41, 5.74) is 5.40. The minimum atomic E-state index is 0.380. The Morgan fingerprint density at radius 1 is 1.14 bits per heavy atom. The fourth-order valence-corrected chi connectivity index (χ4v) is 6.65. The summed E-state index contributed by atoms with van der Waals surface area (Å²) in [7, 11) is 4.88. The minimum absolute atomic E-state index is 0.380. The van der Waals surface area contributed by atoms with Crippen LogP contribution in [0, 0.1) is 11.8 Å². The maximum atomic E-state index is 5.66. The first-order chi connectivity index (χ1) is 17.6. The highest BCUT2D eigenvalue weighted by Gasteiger charge is 2.31. The normalized spacial score (nSPS) is 24.3. The van der Waals surface area contributed by atoms with Gasteiger partial charge in [-0.15, -0.1) is 9.24 Å². The number of benzene rings is 1. The van der Waals surface area contributed by atoms with Gasteiger partial charge in [0.2, 0.25) is 0 Å². The molecule has 2 aromatic rings. The second-order valence-corrected chi connectivity index (χ2v) is 12.1. The molecule has 5 heteroatoms. The van der Waals surface area contributed by atoms with Crippen molar-refractivity contribution in [1.82, 2.24) is 9.88 Å². The number of methoxy groups -OCH3 is 1. The highest BCUT2D eigenvalue weighted by Crippen LogP contribution is 2.43. The fourth-order valence-electron chi connectivity index (χ4n) is 6.05. The Morgan fingerprint density at radius 3 is 2.67 bits per heavy atom. The van der Waals surface area contributed by atoms with E-state index in [1.54, 1.807) is 7.11 Å². The van der Waals surface area contributed by atoms with Gasteiger partial charge < -0.3 is 14.6 Å². The standard InChI is InChI=1S/C31H46N3OP/c1-4-5-13-27-26-18-17-25(35-3)19-29(26)34(24-11-9-12-24)30(27)28-14-8-6-7-10-23(20-32-28)31(36)33-21(2)22-15-16-22/h14,17-24,31,33H,4-13,15-16,36H2,1-3H3/b28-14+,32-20?. The lowest BCUT2D eigenvalue weighted by Crippen LogP contribution is -2.39. The molecule has 5 rings (SSSR count). The van der Waals surface area contributed by atoms with Crippen LogP contribution in [0.5, 0.6) is 5.75 Å². The molecule has 1 aliphatic heterocycles. The zero-order valence-corrected chi connectivity index (χ0v) is 23.8. The summed E-state index contributed by atoms with van der Waals surface area (Å²) in [6.07, 6.45) is 19.7. The summed E-state index contributed by atoms with van der Waals surface area (Å²) in [5.74, 6) is 2.64. The number of fused-ring (bicyclic) bond motifs is 1. The van der Waals surface area contributed by atoms with Crippen LogP contribution in [-0.4, -0.2) is 29.7 Å². The van der Waals surface area contributed by atoms with Gasteiger partial charge in [0.15, 0.2) is 0 Å². The van der Waals surface area contributed by atoms with E-state index in [2.05, 4.69) is 63.5 Å². The largest absolute Gasteiger partial charge is 0.497 e. The van der Waals surface area contributed by atoms with E-state index in [0.29, 0.717) is 23.8 Å². The number of aryl methyl sites for hydroxylation is 1. The number of rotatable bonds is 10. The van der Waals surface area contributed by atoms with Gasteiger partial charge in [0.1, 0.15) is 5.75 Å². The Labute approximate surface area is 220 Å². The van der Waals surface area contributed by atoms with Crippen molar-refractivity contribution < 1.29 is 4.74 Å². The number of nitrogens with zero attached hydrogens (tertiary/aromatic N) is 2. The molecule has 0 saturated heterocycles. The summed E-state index contributed by atoms with van der Waals surface area (Å²) in [4.78, 5) is 5.32. The molecule has 0 radical (unpaired) electrons. The molecular formula is C31H46N3OP. The van der Waals surface area contributed by atoms with E-state index < -0.39 is 0 Å². The molecule has 1 aromatic carbocycles. The number of nitrogens with one attached hydrogen (secondary N) is 1. The predicted molar refractivity (Wildman–Crippen MR) is 157 cm³/mol. The van der Waals surface area contributed by atoms with Crippen LogP contribution in [0.25, 0.3) is 16.6 Å². The third-order valence-electron chi connectivity index (χ3n) is 8.76. The second-order valence-electron chi connectivity index (χ2n) is 11.4. The zero-order valence-electron chi connectivity index (χ0n) is 22.6. The van der Waals surface area contributed by atoms with Gasteiger partial charge in [0.05, 0.1) is 24.0 Å². The van der Waals surface area contributed by atoms with Crippen LogP contribution in [0.15, 0.2) is 29.3 Å². The number of hydrogen-bond donors (Lipinski definition) is 1. The summed E-state index contributed by atoms with van der Waals surface area (Å²) in [6, 6.07) is 7.86. The number of aromatic nitrogens is 1. The number of unbranched alkanes of at least 4 members (excludes halogenated alkanes) is 1. The van der Waals surface area contributed by atoms with Crippen LogP contribution in [0.3, 0.4) is 0 Å². The number of allylic oxidation sites excluding steroid dienone is 1. The van der Waals surface area contributed by atoms with Crippen molar-refractivity contribution in [2.75, 3.05) is 7.11 Å². The molecule has 4 atom stereocenters. The van der Waals surface area contributed by atoms with Gasteiger partial charge in [-0.3, -0.25) is 4.99 Å². The van der Waals surface area contributed by atoms with E-state index in [0.717, 1.165) is 24.5 Å². The predicted octanol–water partition coefficient (Wildman–Crippen LogP) is 7.91. The van der Waals surface area contributed by atoms with Gasteiger partial charge >= 0.3 is 0 Å². The lowest BCUT2D eigenvalue weighted by molar-refractivity contribution is 0.319. The van der Waals surface area contributed by atoms with Crippen molar-refractivity contribution in [2.45, 2.75) is 109 Å². The van der Waals surface area contributed by atoms with Gasteiger partial charge in [-0.05, 0) is 94.7 Å². The lowest BCUT2D eigenvalue weighted by atomic mass is 9.92. The number of hydrogen-bond acceptors (Lipinski definition) is 3. The van der Waals surface area contributed by atoms with Crippen LogP contribution in [-0.2, 0) is 6.42 Å². The average molecular weight is 508 g/mol. The second kappa shape index (κ2) is 11.8. The maximum Gasteiger partial charge on any atom is 0.120 e. The topological polar surface area (TPSA) is 38.5 Å². The first kappa shape index (κ1) is 26.0. The third kappa shape index (κ3) is 5.60. The van der Waals surface area contributed by atoms with Gasteiger partial charge in [-0.25, -0.2) is 0 Å². The Kier molecular flexibility index (Phi) is 8.53. The summed E-state index contributed by atoms with van der Waals surface area (Å²) < 4.78 is 8.31. The van der Waals surface area contributed by atoms with Crippen molar-refractivity contribution in [3.8, 4) is 5.75 Å². The van der Waals surface area contributed by atoms with Crippen molar-refractivity contribution >= 4 is 32.1 Å². The first-order valence-corrected chi connectivity index (χ1v) is 15.2. The number of ether oxygens (including phenoxy) is 1. The van der Waals surface area contributed by atoms with Gasteiger partial charge in [0, 0.05) is 41.5 Å². The molecule has 2 saturated carbocycles. The minimum Gasteiger partial charge on any atom is -0.497 e. The maximum absolute atomic E-state index is 5.66. The van der Waals surface area contributed by atoms with E-state index in [9.17, 15) is 0 Å². The molecule has 36 heavy (non-hydrogen) atoms. The van der Waals surface area contributed by atoms with Crippen LogP contribution < -0.4 is 10.1 Å². The smallest absolute Gasteiger partial charge is 0.120 e. The molecule has 2 heterocycles. The SMILES string of the molecule is CCCCc1c(/C2=C\CCCCC(C(P)NC(C)C3CC3)C=N2)n(C2CCC2)c2cc(OC)ccc12. The highest BCUT2D eigenvalue weighted by molar-refractivity contribution is 7.17. The van der Waals surface area contributed by atoms with Crippen LogP contribution in [0.1, 0.15) is 102 Å². The molecule has 2 fully saturated rings. The third-order valence-corrected chi connectivity index (χ3v) is 9.45. The molecule has 196 valence electrons. The Bertz CT molecular complexity index is 1090. The van der Waals surface area contributed by atoms with Gasteiger partial charge in [0.25, 0.3) is 0 Å². The summed E-state index contributed by atoms with van der Waals surface area (Å²) in [6.45, 7) is 4.65. The zero-order chi connectivity index (χ0) is 25.1. The van der Waals surface area contributed by atoms with Gasteiger partial charge in [-0.2, -0.15) is 0 Å². The monoisotopic (exact) mass is 507 g/mol. The first-order valence-electron chi connectivity index (χ1n) is 14.6. The molecule has 1 N–H and O–H groups in total. The Balaban J connectivity index is 1.55. The van der Waals surface area contributed by atoms with Crippen molar-refractivity contribution in [3.05, 3.63) is 35.5 Å².